The molecule has 0 heterocycles. The van der Waals surface area contributed by atoms with Crippen molar-refractivity contribution >= 4 is 21.2 Å². The Morgan fingerprint density at radius 3 is 1.24 bits per heavy atom. The van der Waals surface area contributed by atoms with Crippen molar-refractivity contribution < 1.29 is 156 Å². The number of phosphoric acid groups is 2. The molecule has 3 rings (SSSR count). The summed E-state index contributed by atoms with van der Waals surface area (Å²) in [5.74, 6) is -0.138. The van der Waals surface area contributed by atoms with Gasteiger partial charge in [-0.25, -0.2) is 0 Å². The first-order valence-corrected chi connectivity index (χ1v) is 11.9. The van der Waals surface area contributed by atoms with Crippen LogP contribution in [0.3, 0.4) is 0 Å². The van der Waals surface area contributed by atoms with Gasteiger partial charge in [0.2, 0.25) is 0 Å². The number of hydrogen-bond donors (Lipinski definition) is 0. The maximum Gasteiger partial charge on any atom is 1.00 e. The van der Waals surface area contributed by atoms with Gasteiger partial charge in [-0.15, -0.1) is 0 Å². The normalized spacial score (nSPS) is 13.3. The predicted octanol–water partition coefficient (Wildman–Crippen LogP) is -10.1. The van der Waals surface area contributed by atoms with Crippen molar-refractivity contribution in [2.45, 2.75) is 32.1 Å². The summed E-state index contributed by atoms with van der Waals surface area (Å²) < 4.78 is 30.3. The molecule has 1 fully saturated rings. The summed E-state index contributed by atoms with van der Waals surface area (Å²) in [7, 11) is -10.3. The van der Waals surface area contributed by atoms with Crippen LogP contribution in [0.4, 0.5) is 0 Å². The molecular formula is C19H18Na4O8P2. The molecule has 1 aliphatic rings. The van der Waals surface area contributed by atoms with E-state index in [1.165, 1.54) is 29.8 Å². The summed E-state index contributed by atoms with van der Waals surface area (Å²) in [4.78, 5) is 43.1. The largest absolute Gasteiger partial charge is 1.00 e. The van der Waals surface area contributed by atoms with Crippen LogP contribution < -0.4 is 147 Å². The summed E-state index contributed by atoms with van der Waals surface area (Å²) in [5, 5.41) is 0. The molecule has 1 saturated carbocycles. The first-order chi connectivity index (χ1) is 13.6. The Morgan fingerprint density at radius 1 is 0.606 bits per heavy atom. The molecular weight excluding hydrogens is 510 g/mol. The summed E-state index contributed by atoms with van der Waals surface area (Å²) in [6.45, 7) is 0. The Balaban J connectivity index is 0. The van der Waals surface area contributed by atoms with E-state index in [0.717, 1.165) is 48.8 Å². The third-order valence-corrected chi connectivity index (χ3v) is 5.40. The molecule has 0 unspecified atom stereocenters. The van der Waals surface area contributed by atoms with Crippen LogP contribution in [-0.4, -0.2) is 0 Å². The first-order valence-electron chi connectivity index (χ1n) is 8.97. The smallest absolute Gasteiger partial charge is 0.780 e. The molecule has 1 aliphatic carbocycles. The minimum absolute atomic E-state index is 0. The van der Waals surface area contributed by atoms with Crippen molar-refractivity contribution in [1.29, 1.82) is 0 Å². The molecule has 0 amide bonds. The molecule has 0 aromatic heterocycles. The zero-order chi connectivity index (χ0) is 21.1. The molecule has 0 atom stereocenters. The van der Waals surface area contributed by atoms with Crippen molar-refractivity contribution in [1.82, 2.24) is 0 Å². The van der Waals surface area contributed by atoms with Crippen LogP contribution in [0.25, 0.3) is 5.57 Å². The van der Waals surface area contributed by atoms with Gasteiger partial charge in [0.15, 0.2) is 0 Å². The molecule has 0 spiro atoms. The molecule has 0 radical (unpaired) electrons. The summed E-state index contributed by atoms with van der Waals surface area (Å²) in [6, 6.07) is 12.3. The Bertz CT molecular complexity index is 910. The van der Waals surface area contributed by atoms with Gasteiger partial charge in [0.1, 0.15) is 27.1 Å². The van der Waals surface area contributed by atoms with Crippen LogP contribution in [-0.2, 0) is 9.13 Å². The van der Waals surface area contributed by atoms with Crippen molar-refractivity contribution in [3.8, 4) is 11.5 Å². The van der Waals surface area contributed by atoms with Gasteiger partial charge in [0.25, 0.3) is 0 Å². The van der Waals surface area contributed by atoms with Crippen LogP contribution in [0.1, 0.15) is 43.2 Å². The Kier molecular flexibility index (Phi) is 19.0. The van der Waals surface area contributed by atoms with E-state index in [-0.39, 0.29) is 130 Å². The minimum atomic E-state index is -5.13. The topological polar surface area (TPSA) is 145 Å². The Labute approximate surface area is 282 Å². The van der Waals surface area contributed by atoms with Gasteiger partial charge in [-0.1, -0.05) is 36.3 Å². The van der Waals surface area contributed by atoms with Gasteiger partial charge in [-0.2, -0.15) is 0 Å². The van der Waals surface area contributed by atoms with Gasteiger partial charge in [0.05, 0.1) is 0 Å². The van der Waals surface area contributed by atoms with Crippen molar-refractivity contribution in [3.63, 3.8) is 0 Å². The van der Waals surface area contributed by atoms with E-state index >= 15 is 0 Å². The van der Waals surface area contributed by atoms with Crippen LogP contribution in [0.15, 0.2) is 54.1 Å². The van der Waals surface area contributed by atoms with E-state index in [9.17, 15) is 28.7 Å². The number of phosphoric ester groups is 2. The van der Waals surface area contributed by atoms with Crippen LogP contribution in [0.2, 0.25) is 0 Å². The maximum absolute atomic E-state index is 10.8. The van der Waals surface area contributed by atoms with Gasteiger partial charge in [-0.3, -0.25) is 0 Å². The van der Waals surface area contributed by atoms with Gasteiger partial charge in [0, 0.05) is 0 Å². The van der Waals surface area contributed by atoms with Gasteiger partial charge >= 0.3 is 118 Å². The second kappa shape index (κ2) is 16.8. The molecule has 8 nitrogen and oxygen atoms in total. The number of benzene rings is 2. The van der Waals surface area contributed by atoms with E-state index in [1.54, 1.807) is 24.3 Å². The quantitative estimate of drug-likeness (QED) is 0.266. The van der Waals surface area contributed by atoms with Crippen LogP contribution in [0.5, 0.6) is 11.5 Å². The molecule has 2 aromatic rings. The monoisotopic (exact) mass is 528 g/mol. The van der Waals surface area contributed by atoms with E-state index in [2.05, 4.69) is 9.05 Å². The molecule has 2 aromatic carbocycles. The SMILES string of the molecule is O=P([O-])([O-])Oc1ccc(C(=C2CCCCC2)c2ccc(OP(=O)([O-])[O-])cc2)cc1.[Na+].[Na+].[Na+].[Na+]. The number of allylic oxidation sites excluding steroid dienone is 1. The van der Waals surface area contributed by atoms with E-state index in [1.807, 2.05) is 0 Å². The summed E-state index contributed by atoms with van der Waals surface area (Å²) in [6.07, 6.45) is 5.04. The van der Waals surface area contributed by atoms with Gasteiger partial charge in [-0.05, 0) is 66.6 Å². The van der Waals surface area contributed by atoms with Crippen LogP contribution >= 0.6 is 15.6 Å². The summed E-state index contributed by atoms with van der Waals surface area (Å²) >= 11 is 0. The van der Waals surface area contributed by atoms with Gasteiger partial charge < -0.3 is 37.8 Å². The molecule has 0 N–H and O–H groups in total. The standard InChI is InChI=1S/C19H22O8P2.4Na/c20-28(21,22)26-17-10-6-15(7-11-17)19(14-4-2-1-3-5-14)16-8-12-18(13-9-16)27-29(23,24)25;;;;/h6-13H,1-5H2,(H2,20,21,22)(H2,23,24,25);;;;/q;4*+1/p-4. The van der Waals surface area contributed by atoms with E-state index in [4.69, 9.17) is 0 Å². The third kappa shape index (κ3) is 12.9. The predicted molar refractivity (Wildman–Crippen MR) is 98.5 cm³/mol. The second-order valence-corrected chi connectivity index (χ2v) is 8.82. The van der Waals surface area contributed by atoms with Crippen molar-refractivity contribution in [3.05, 3.63) is 65.2 Å². The van der Waals surface area contributed by atoms with Crippen molar-refractivity contribution in [2.75, 3.05) is 0 Å². The molecule has 33 heavy (non-hydrogen) atoms. The third-order valence-electron chi connectivity index (χ3n) is 4.53. The molecule has 0 bridgehead atoms. The average Bonchev–Trinajstić information content (AvgIpc) is 2.63. The molecule has 0 aliphatic heterocycles. The number of hydrogen-bond acceptors (Lipinski definition) is 8. The second-order valence-electron chi connectivity index (χ2n) is 6.66. The fourth-order valence-corrected chi connectivity index (χ4v) is 4.19. The fraction of sp³-hybridized carbons (Fsp3) is 0.263. The van der Waals surface area contributed by atoms with E-state index < -0.39 is 15.6 Å². The minimum Gasteiger partial charge on any atom is -0.780 e. The maximum atomic E-state index is 10.8. The van der Waals surface area contributed by atoms with Crippen molar-refractivity contribution in [2.24, 2.45) is 0 Å². The Morgan fingerprint density at radius 2 is 0.939 bits per heavy atom. The Hall–Kier alpha value is 2.08. The zero-order valence-corrected chi connectivity index (χ0v) is 29.1. The number of rotatable bonds is 6. The zero-order valence-electron chi connectivity index (χ0n) is 19.3. The first kappa shape index (κ1) is 37.2. The fourth-order valence-electron chi connectivity index (χ4n) is 3.43. The average molecular weight is 528 g/mol. The van der Waals surface area contributed by atoms with E-state index in [0.29, 0.717) is 0 Å². The van der Waals surface area contributed by atoms with Crippen LogP contribution in [0, 0.1) is 0 Å². The molecule has 14 heteroatoms. The molecule has 0 saturated heterocycles. The summed E-state index contributed by atoms with van der Waals surface area (Å²) in [5.41, 5.74) is 3.75. The molecule has 156 valence electrons.